The van der Waals surface area contributed by atoms with E-state index in [9.17, 15) is 4.79 Å². The molecule has 1 aliphatic carbocycles. The molecule has 2 nitrogen and oxygen atoms in total. The maximum Gasteiger partial charge on any atom is 0.238 e. The monoisotopic (exact) mass is 297 g/mol. The predicted octanol–water partition coefficient (Wildman–Crippen LogP) is 4.05. The van der Waals surface area contributed by atoms with Crippen LogP contribution in [-0.4, -0.2) is 12.5 Å². The fourth-order valence-electron chi connectivity index (χ4n) is 2.20. The lowest BCUT2D eigenvalue weighted by Gasteiger charge is -2.17. The molecular formula is C18H19NOS. The van der Waals surface area contributed by atoms with Crippen LogP contribution in [0.4, 0.5) is 0 Å². The van der Waals surface area contributed by atoms with Gasteiger partial charge in [0.1, 0.15) is 5.25 Å². The highest BCUT2D eigenvalue weighted by Gasteiger charge is 2.26. The molecule has 0 saturated heterocycles. The maximum atomic E-state index is 12.5. The number of thioether (sulfide) groups is 1. The number of nitrogens with one attached hydrogen (secondary N) is 1. The van der Waals surface area contributed by atoms with E-state index < -0.39 is 0 Å². The van der Waals surface area contributed by atoms with E-state index in [2.05, 4.69) is 17.4 Å². The van der Waals surface area contributed by atoms with E-state index >= 15 is 0 Å². The summed E-state index contributed by atoms with van der Waals surface area (Å²) in [6.07, 6.45) is 2.50. The molecular weight excluding hydrogens is 278 g/mol. The molecule has 2 aromatic rings. The third kappa shape index (κ3) is 4.11. The third-order valence-corrected chi connectivity index (χ3v) is 4.87. The Bertz CT molecular complexity index is 581. The average molecular weight is 297 g/mol. The molecule has 0 radical (unpaired) electrons. The predicted molar refractivity (Wildman–Crippen MR) is 87.2 cm³/mol. The summed E-state index contributed by atoms with van der Waals surface area (Å²) < 4.78 is 0. The van der Waals surface area contributed by atoms with E-state index in [4.69, 9.17) is 0 Å². The number of benzene rings is 2. The van der Waals surface area contributed by atoms with Gasteiger partial charge in [0.05, 0.1) is 0 Å². The maximum absolute atomic E-state index is 12.5. The number of carbonyl (C=O) groups excluding carboxylic acids is 1. The first-order valence-electron chi connectivity index (χ1n) is 7.37. The lowest BCUT2D eigenvalue weighted by Crippen LogP contribution is -2.29. The van der Waals surface area contributed by atoms with Gasteiger partial charge in [0.2, 0.25) is 5.91 Å². The van der Waals surface area contributed by atoms with Gasteiger partial charge in [-0.3, -0.25) is 4.79 Å². The summed E-state index contributed by atoms with van der Waals surface area (Å²) >= 11 is 1.61. The van der Waals surface area contributed by atoms with Crippen molar-refractivity contribution in [3.8, 4) is 0 Å². The molecule has 3 heteroatoms. The second-order valence-electron chi connectivity index (χ2n) is 5.41. The Labute approximate surface area is 130 Å². The van der Waals surface area contributed by atoms with Crippen LogP contribution in [0.15, 0.2) is 65.6 Å². The molecule has 1 aliphatic rings. The normalized spacial score (nSPS) is 15.4. The van der Waals surface area contributed by atoms with Crippen LogP contribution < -0.4 is 5.32 Å². The van der Waals surface area contributed by atoms with Crippen LogP contribution in [-0.2, 0) is 4.79 Å². The Kier molecular flexibility index (Phi) is 4.61. The van der Waals surface area contributed by atoms with Crippen LogP contribution in [0.3, 0.4) is 0 Å². The van der Waals surface area contributed by atoms with Crippen molar-refractivity contribution >= 4 is 17.7 Å². The number of hydrogen-bond donors (Lipinski definition) is 1. The lowest BCUT2D eigenvalue weighted by molar-refractivity contribution is -0.120. The largest absolute Gasteiger partial charge is 0.355 e. The molecule has 2 aromatic carbocycles. The van der Waals surface area contributed by atoms with Crippen molar-refractivity contribution < 1.29 is 4.79 Å². The van der Waals surface area contributed by atoms with Crippen LogP contribution in [0.1, 0.15) is 23.7 Å². The van der Waals surface area contributed by atoms with Crippen LogP contribution in [0.5, 0.6) is 0 Å². The molecule has 3 rings (SSSR count). The second kappa shape index (κ2) is 6.81. The molecule has 108 valence electrons. The Morgan fingerprint density at radius 1 is 1.05 bits per heavy atom. The van der Waals surface area contributed by atoms with Gasteiger partial charge < -0.3 is 5.32 Å². The van der Waals surface area contributed by atoms with Crippen molar-refractivity contribution in [1.29, 1.82) is 0 Å². The fraction of sp³-hybridized carbons (Fsp3) is 0.278. The zero-order valence-corrected chi connectivity index (χ0v) is 12.7. The summed E-state index contributed by atoms with van der Waals surface area (Å²) in [7, 11) is 0. The minimum absolute atomic E-state index is 0.113. The molecule has 1 N–H and O–H groups in total. The topological polar surface area (TPSA) is 29.1 Å². The minimum Gasteiger partial charge on any atom is -0.355 e. The molecule has 0 bridgehead atoms. The molecule has 0 aliphatic heterocycles. The lowest BCUT2D eigenvalue weighted by atomic mass is 10.1. The van der Waals surface area contributed by atoms with Crippen molar-refractivity contribution in [3.63, 3.8) is 0 Å². The highest BCUT2D eigenvalue weighted by molar-refractivity contribution is 8.00. The van der Waals surface area contributed by atoms with Gasteiger partial charge in [-0.1, -0.05) is 48.5 Å². The number of carbonyl (C=O) groups is 1. The van der Waals surface area contributed by atoms with Gasteiger partial charge >= 0.3 is 0 Å². The van der Waals surface area contributed by atoms with Crippen LogP contribution in [0.25, 0.3) is 0 Å². The van der Waals surface area contributed by atoms with E-state index in [1.807, 2.05) is 48.5 Å². The highest BCUT2D eigenvalue weighted by Crippen LogP contribution is 2.35. The van der Waals surface area contributed by atoms with Crippen molar-refractivity contribution in [2.24, 2.45) is 5.92 Å². The number of rotatable bonds is 6. The molecule has 0 aromatic heterocycles. The van der Waals surface area contributed by atoms with Crippen molar-refractivity contribution in [1.82, 2.24) is 5.32 Å². The molecule has 1 unspecified atom stereocenters. The third-order valence-electron chi connectivity index (χ3n) is 3.60. The Morgan fingerprint density at radius 3 is 2.29 bits per heavy atom. The van der Waals surface area contributed by atoms with Crippen LogP contribution in [0, 0.1) is 5.92 Å². The van der Waals surface area contributed by atoms with Gasteiger partial charge in [-0.25, -0.2) is 0 Å². The SMILES string of the molecule is O=C(NCC1CC1)C(Sc1ccccc1)c1ccccc1. The Hall–Kier alpha value is -1.74. The van der Waals surface area contributed by atoms with E-state index in [0.717, 1.165) is 17.0 Å². The summed E-state index contributed by atoms with van der Waals surface area (Å²) in [6.45, 7) is 0.817. The van der Waals surface area contributed by atoms with Gasteiger partial charge in [0.15, 0.2) is 0 Å². The molecule has 1 amide bonds. The number of amides is 1. The average Bonchev–Trinajstić information content (AvgIpc) is 3.36. The summed E-state index contributed by atoms with van der Waals surface area (Å²) in [5, 5.41) is 2.92. The van der Waals surface area contributed by atoms with Crippen LogP contribution >= 0.6 is 11.8 Å². The first-order valence-corrected chi connectivity index (χ1v) is 8.25. The first kappa shape index (κ1) is 14.2. The Balaban J connectivity index is 1.75. The molecule has 21 heavy (non-hydrogen) atoms. The van der Waals surface area contributed by atoms with Crippen molar-refractivity contribution in [3.05, 3.63) is 66.2 Å². The van der Waals surface area contributed by atoms with Crippen molar-refractivity contribution in [2.45, 2.75) is 23.0 Å². The van der Waals surface area contributed by atoms with Crippen LogP contribution in [0.2, 0.25) is 0 Å². The summed E-state index contributed by atoms with van der Waals surface area (Å²) in [5.74, 6) is 0.814. The van der Waals surface area contributed by atoms with Gasteiger partial charge in [0, 0.05) is 11.4 Å². The number of hydrogen-bond acceptors (Lipinski definition) is 2. The standard InChI is InChI=1S/C18H19NOS/c20-18(19-13-14-11-12-14)17(15-7-3-1-4-8-15)21-16-9-5-2-6-10-16/h1-10,14,17H,11-13H2,(H,19,20). The zero-order chi connectivity index (χ0) is 14.5. The van der Waals surface area contributed by atoms with Gasteiger partial charge in [-0.2, -0.15) is 0 Å². The van der Waals surface area contributed by atoms with E-state index in [0.29, 0.717) is 5.92 Å². The fourth-order valence-corrected chi connectivity index (χ4v) is 3.27. The molecule has 0 spiro atoms. The minimum atomic E-state index is -0.188. The van der Waals surface area contributed by atoms with Gasteiger partial charge in [0.25, 0.3) is 0 Å². The van der Waals surface area contributed by atoms with E-state index in [1.165, 1.54) is 12.8 Å². The first-order chi connectivity index (χ1) is 10.3. The smallest absolute Gasteiger partial charge is 0.238 e. The quantitative estimate of drug-likeness (QED) is 0.815. The zero-order valence-electron chi connectivity index (χ0n) is 11.9. The Morgan fingerprint density at radius 2 is 1.67 bits per heavy atom. The summed E-state index contributed by atoms with van der Waals surface area (Å²) in [5.41, 5.74) is 1.06. The molecule has 1 fully saturated rings. The van der Waals surface area contributed by atoms with E-state index in [-0.39, 0.29) is 11.2 Å². The highest BCUT2D eigenvalue weighted by atomic mass is 32.2. The van der Waals surface area contributed by atoms with Crippen molar-refractivity contribution in [2.75, 3.05) is 6.54 Å². The summed E-state index contributed by atoms with van der Waals surface area (Å²) in [6, 6.07) is 20.1. The second-order valence-corrected chi connectivity index (χ2v) is 6.59. The van der Waals surface area contributed by atoms with Gasteiger partial charge in [-0.15, -0.1) is 11.8 Å². The molecule has 1 atom stereocenters. The van der Waals surface area contributed by atoms with E-state index in [1.54, 1.807) is 11.8 Å². The van der Waals surface area contributed by atoms with Gasteiger partial charge in [-0.05, 0) is 36.5 Å². The summed E-state index contributed by atoms with van der Waals surface area (Å²) in [4.78, 5) is 13.7. The molecule has 0 heterocycles. The molecule has 1 saturated carbocycles.